The van der Waals surface area contributed by atoms with Gasteiger partial charge in [0.1, 0.15) is 5.75 Å². The van der Waals surface area contributed by atoms with Crippen molar-refractivity contribution in [1.82, 2.24) is 0 Å². The smallest absolute Gasteiger partial charge is 0.406 e. The summed E-state index contributed by atoms with van der Waals surface area (Å²) in [5.41, 5.74) is 0.980. The van der Waals surface area contributed by atoms with Gasteiger partial charge in [-0.05, 0) is 55.2 Å². The summed E-state index contributed by atoms with van der Waals surface area (Å²) in [6.07, 6.45) is 5.09. The van der Waals surface area contributed by atoms with Gasteiger partial charge in [-0.2, -0.15) is 0 Å². The predicted molar refractivity (Wildman–Crippen MR) is 82.0 cm³/mol. The number of unbranched alkanes of at least 4 members (excludes halogenated alkanes) is 2. The van der Waals surface area contributed by atoms with Crippen LogP contribution in [0.25, 0.3) is 0 Å². The lowest BCUT2D eigenvalue weighted by molar-refractivity contribution is -0.274. The predicted octanol–water partition coefficient (Wildman–Crippen LogP) is 6.44. The van der Waals surface area contributed by atoms with Gasteiger partial charge in [0.2, 0.25) is 0 Å². The first kappa shape index (κ1) is 17.2. The van der Waals surface area contributed by atoms with Crippen molar-refractivity contribution in [2.75, 3.05) is 0 Å². The molecular formula is C18H25F3O. The Morgan fingerprint density at radius 2 is 1.82 bits per heavy atom. The third-order valence-corrected chi connectivity index (χ3v) is 4.63. The van der Waals surface area contributed by atoms with Crippen LogP contribution < -0.4 is 4.74 Å². The van der Waals surface area contributed by atoms with Crippen LogP contribution in [0, 0.1) is 5.92 Å². The van der Waals surface area contributed by atoms with Gasteiger partial charge < -0.3 is 4.74 Å². The zero-order valence-corrected chi connectivity index (χ0v) is 13.2. The molecule has 22 heavy (non-hydrogen) atoms. The van der Waals surface area contributed by atoms with Crippen molar-refractivity contribution in [1.29, 1.82) is 0 Å². The molecule has 1 aliphatic carbocycles. The molecule has 1 saturated carbocycles. The minimum Gasteiger partial charge on any atom is -0.406 e. The Morgan fingerprint density at radius 1 is 1.09 bits per heavy atom. The van der Waals surface area contributed by atoms with E-state index in [1.165, 1.54) is 44.6 Å². The largest absolute Gasteiger partial charge is 0.573 e. The lowest BCUT2D eigenvalue weighted by Gasteiger charge is -2.29. The minimum atomic E-state index is -4.62. The van der Waals surface area contributed by atoms with Gasteiger partial charge >= 0.3 is 6.36 Å². The van der Waals surface area contributed by atoms with E-state index in [0.717, 1.165) is 24.3 Å². The van der Waals surface area contributed by atoms with Gasteiger partial charge in [-0.1, -0.05) is 44.7 Å². The maximum absolute atomic E-state index is 12.3. The van der Waals surface area contributed by atoms with E-state index in [9.17, 15) is 13.2 Å². The second-order valence-electron chi connectivity index (χ2n) is 6.33. The van der Waals surface area contributed by atoms with E-state index in [4.69, 9.17) is 0 Å². The average molecular weight is 314 g/mol. The van der Waals surface area contributed by atoms with Crippen molar-refractivity contribution >= 4 is 0 Å². The highest BCUT2D eigenvalue weighted by molar-refractivity contribution is 5.31. The van der Waals surface area contributed by atoms with Crippen LogP contribution in [0.2, 0.25) is 0 Å². The number of halogens is 3. The number of alkyl halides is 3. The molecule has 0 aromatic heterocycles. The van der Waals surface area contributed by atoms with E-state index >= 15 is 0 Å². The Kier molecular flexibility index (Phi) is 6.16. The molecule has 0 N–H and O–H groups in total. The highest BCUT2D eigenvalue weighted by Crippen LogP contribution is 2.38. The van der Waals surface area contributed by atoms with E-state index in [0.29, 0.717) is 5.92 Å². The number of hydrogen-bond acceptors (Lipinski definition) is 1. The van der Waals surface area contributed by atoms with Crippen LogP contribution in [0.1, 0.15) is 69.8 Å². The van der Waals surface area contributed by atoms with Crippen LogP contribution in [-0.2, 0) is 0 Å². The van der Waals surface area contributed by atoms with Crippen molar-refractivity contribution in [3.63, 3.8) is 0 Å². The zero-order chi connectivity index (χ0) is 16.0. The second kappa shape index (κ2) is 7.89. The molecule has 1 aliphatic rings. The van der Waals surface area contributed by atoms with Gasteiger partial charge in [0.05, 0.1) is 0 Å². The number of hydrogen-bond donors (Lipinski definition) is 0. The third kappa shape index (κ3) is 5.54. The molecule has 0 aliphatic heterocycles. The lowest BCUT2D eigenvalue weighted by atomic mass is 9.77. The second-order valence-corrected chi connectivity index (χ2v) is 6.33. The molecule has 2 rings (SSSR count). The van der Waals surface area contributed by atoms with E-state index in [1.807, 2.05) is 6.07 Å². The van der Waals surface area contributed by atoms with Crippen molar-refractivity contribution < 1.29 is 17.9 Å². The van der Waals surface area contributed by atoms with Crippen LogP contribution in [0.15, 0.2) is 24.3 Å². The van der Waals surface area contributed by atoms with E-state index in [1.54, 1.807) is 12.1 Å². The molecule has 124 valence electrons. The first-order chi connectivity index (χ1) is 10.5. The highest BCUT2D eigenvalue weighted by atomic mass is 19.4. The Labute approximate surface area is 130 Å². The maximum atomic E-state index is 12.3. The molecule has 0 unspecified atom stereocenters. The quantitative estimate of drug-likeness (QED) is 0.549. The van der Waals surface area contributed by atoms with Crippen molar-refractivity contribution in [3.8, 4) is 5.75 Å². The van der Waals surface area contributed by atoms with Crippen LogP contribution in [0.3, 0.4) is 0 Å². The summed E-state index contributed by atoms with van der Waals surface area (Å²) >= 11 is 0. The number of rotatable bonds is 6. The SMILES string of the molecule is CCCCCC1CCC(c2cccc(OC(F)(F)F)c2)CC1. The number of benzene rings is 1. The summed E-state index contributed by atoms with van der Waals surface area (Å²) in [7, 11) is 0. The minimum absolute atomic E-state index is 0.102. The molecule has 1 fully saturated rings. The lowest BCUT2D eigenvalue weighted by Crippen LogP contribution is -2.17. The van der Waals surface area contributed by atoms with E-state index in [2.05, 4.69) is 11.7 Å². The Morgan fingerprint density at radius 3 is 2.45 bits per heavy atom. The molecule has 0 amide bonds. The Hall–Kier alpha value is -1.19. The fraction of sp³-hybridized carbons (Fsp3) is 0.667. The van der Waals surface area contributed by atoms with Gasteiger partial charge in [0.25, 0.3) is 0 Å². The first-order valence-corrected chi connectivity index (χ1v) is 8.33. The summed E-state index contributed by atoms with van der Waals surface area (Å²) in [5.74, 6) is 1.08. The molecule has 0 radical (unpaired) electrons. The summed E-state index contributed by atoms with van der Waals surface area (Å²) in [6, 6.07) is 6.50. The van der Waals surface area contributed by atoms with Crippen LogP contribution in [0.5, 0.6) is 5.75 Å². The summed E-state index contributed by atoms with van der Waals surface area (Å²) in [5, 5.41) is 0. The highest BCUT2D eigenvalue weighted by Gasteiger charge is 2.31. The van der Waals surface area contributed by atoms with Crippen molar-refractivity contribution in [3.05, 3.63) is 29.8 Å². The molecule has 4 heteroatoms. The fourth-order valence-electron chi connectivity index (χ4n) is 3.43. The molecule has 1 aromatic rings. The maximum Gasteiger partial charge on any atom is 0.573 e. The summed E-state index contributed by atoms with van der Waals surface area (Å²) in [4.78, 5) is 0. The standard InChI is InChI=1S/C18H25F3O/c1-2-3-4-6-14-9-11-15(12-10-14)16-7-5-8-17(13-16)22-18(19,20)21/h5,7-8,13-15H,2-4,6,9-12H2,1H3. The van der Waals surface area contributed by atoms with Gasteiger partial charge in [0.15, 0.2) is 0 Å². The van der Waals surface area contributed by atoms with Crippen molar-refractivity contribution in [2.45, 2.75) is 70.6 Å². The third-order valence-electron chi connectivity index (χ3n) is 4.63. The normalized spacial score (nSPS) is 22.5. The summed E-state index contributed by atoms with van der Waals surface area (Å²) < 4.78 is 40.9. The van der Waals surface area contributed by atoms with E-state index in [-0.39, 0.29) is 5.75 Å². The van der Waals surface area contributed by atoms with Crippen molar-refractivity contribution in [2.24, 2.45) is 5.92 Å². The first-order valence-electron chi connectivity index (χ1n) is 8.33. The molecule has 0 spiro atoms. The molecule has 0 saturated heterocycles. The molecule has 1 aromatic carbocycles. The molecule has 0 atom stereocenters. The topological polar surface area (TPSA) is 9.23 Å². The molecular weight excluding hydrogens is 289 g/mol. The Balaban J connectivity index is 1.87. The van der Waals surface area contributed by atoms with Gasteiger partial charge in [-0.15, -0.1) is 13.2 Å². The zero-order valence-electron chi connectivity index (χ0n) is 13.2. The summed E-state index contributed by atoms with van der Waals surface area (Å²) in [6.45, 7) is 2.22. The molecule has 0 bridgehead atoms. The van der Waals surface area contributed by atoms with Crippen LogP contribution in [0.4, 0.5) is 13.2 Å². The number of ether oxygens (including phenoxy) is 1. The fourth-order valence-corrected chi connectivity index (χ4v) is 3.43. The molecule has 0 heterocycles. The van der Waals surface area contributed by atoms with Gasteiger partial charge in [-0.25, -0.2) is 0 Å². The van der Waals surface area contributed by atoms with Gasteiger partial charge in [0, 0.05) is 0 Å². The van der Waals surface area contributed by atoms with E-state index < -0.39 is 6.36 Å². The van der Waals surface area contributed by atoms with Gasteiger partial charge in [-0.3, -0.25) is 0 Å². The van der Waals surface area contributed by atoms with Crippen LogP contribution in [-0.4, -0.2) is 6.36 Å². The molecule has 1 nitrogen and oxygen atoms in total. The Bertz CT molecular complexity index is 448. The monoisotopic (exact) mass is 314 g/mol. The van der Waals surface area contributed by atoms with Crippen LogP contribution >= 0.6 is 0 Å². The average Bonchev–Trinajstić information content (AvgIpc) is 2.47.